The lowest BCUT2D eigenvalue weighted by atomic mass is 10.2. The van der Waals surface area contributed by atoms with Crippen molar-refractivity contribution in [2.45, 2.75) is 25.9 Å². The maximum atomic E-state index is 4.14. The highest BCUT2D eigenvalue weighted by molar-refractivity contribution is 5.84. The molecule has 0 spiro atoms. The summed E-state index contributed by atoms with van der Waals surface area (Å²) in [6.45, 7) is 2.00. The zero-order chi connectivity index (χ0) is 14.1. The Morgan fingerprint density at radius 3 is 2.86 bits per heavy atom. The molecule has 0 atom stereocenters. The maximum absolute atomic E-state index is 4.14. The largest absolute Gasteiger partial charge is 0.380 e. The van der Waals surface area contributed by atoms with E-state index in [1.165, 1.54) is 29.3 Å². The number of hydrogen-bond donors (Lipinski definition) is 1. The molecule has 1 aliphatic rings. The highest BCUT2D eigenvalue weighted by Crippen LogP contribution is 2.33. The predicted octanol–water partition coefficient (Wildman–Crippen LogP) is 4.06. The lowest BCUT2D eigenvalue weighted by molar-refractivity contribution is 0.646. The smallest absolute Gasteiger partial charge is 0.0529 e. The molecule has 2 heterocycles. The van der Waals surface area contributed by atoms with Gasteiger partial charge in [0.2, 0.25) is 0 Å². The molecule has 4 rings (SSSR count). The van der Waals surface area contributed by atoms with Crippen LogP contribution in [0.15, 0.2) is 55.0 Å². The molecule has 0 radical (unpaired) electrons. The minimum Gasteiger partial charge on any atom is -0.380 e. The Balaban J connectivity index is 1.61. The first kappa shape index (κ1) is 12.5. The number of aromatic nitrogens is 2. The van der Waals surface area contributed by atoms with E-state index in [1.54, 1.807) is 6.20 Å². The molecule has 1 aromatic carbocycles. The molecular formula is C18H19N3. The third kappa shape index (κ3) is 2.64. The van der Waals surface area contributed by atoms with Crippen molar-refractivity contribution in [1.82, 2.24) is 9.55 Å². The van der Waals surface area contributed by atoms with Crippen molar-refractivity contribution in [3.05, 3.63) is 60.6 Å². The molecular weight excluding hydrogens is 258 g/mol. The summed E-state index contributed by atoms with van der Waals surface area (Å²) in [6.07, 6.45) is 8.74. The first-order valence-corrected chi connectivity index (χ1v) is 7.61. The minimum absolute atomic E-state index is 0.837. The van der Waals surface area contributed by atoms with Crippen molar-refractivity contribution in [2.24, 2.45) is 5.92 Å². The fourth-order valence-electron chi connectivity index (χ4n) is 2.86. The maximum Gasteiger partial charge on any atom is 0.0529 e. The van der Waals surface area contributed by atoms with Crippen LogP contribution in [-0.4, -0.2) is 9.55 Å². The third-order valence-corrected chi connectivity index (χ3v) is 4.17. The molecule has 0 unspecified atom stereocenters. The SMILES string of the molecule is c1cncc(NCc2cn(CC3CC3)c3ccccc23)c1. The summed E-state index contributed by atoms with van der Waals surface area (Å²) >= 11 is 0. The number of benzene rings is 1. The number of fused-ring (bicyclic) bond motifs is 1. The average Bonchev–Trinajstić information content (AvgIpc) is 3.29. The molecule has 3 nitrogen and oxygen atoms in total. The van der Waals surface area contributed by atoms with E-state index in [2.05, 4.69) is 51.4 Å². The van der Waals surface area contributed by atoms with E-state index in [-0.39, 0.29) is 0 Å². The average molecular weight is 277 g/mol. The number of nitrogens with zero attached hydrogens (tertiary/aromatic N) is 2. The van der Waals surface area contributed by atoms with Crippen LogP contribution >= 0.6 is 0 Å². The summed E-state index contributed by atoms with van der Waals surface area (Å²) < 4.78 is 2.42. The van der Waals surface area contributed by atoms with Crippen molar-refractivity contribution in [3.8, 4) is 0 Å². The van der Waals surface area contributed by atoms with Crippen LogP contribution in [0.5, 0.6) is 0 Å². The fraction of sp³-hybridized carbons (Fsp3) is 0.278. The van der Waals surface area contributed by atoms with Crippen molar-refractivity contribution < 1.29 is 0 Å². The van der Waals surface area contributed by atoms with E-state index in [0.717, 1.165) is 24.7 Å². The van der Waals surface area contributed by atoms with Gasteiger partial charge in [0.1, 0.15) is 0 Å². The van der Waals surface area contributed by atoms with Crippen molar-refractivity contribution >= 4 is 16.6 Å². The number of hydrogen-bond acceptors (Lipinski definition) is 2. The van der Waals surface area contributed by atoms with E-state index in [9.17, 15) is 0 Å². The first-order chi connectivity index (χ1) is 10.4. The van der Waals surface area contributed by atoms with Gasteiger partial charge in [0, 0.05) is 42.6 Å². The predicted molar refractivity (Wildman–Crippen MR) is 86.2 cm³/mol. The van der Waals surface area contributed by atoms with Gasteiger partial charge >= 0.3 is 0 Å². The van der Waals surface area contributed by atoms with Crippen LogP contribution in [0.2, 0.25) is 0 Å². The minimum atomic E-state index is 0.837. The van der Waals surface area contributed by atoms with Crippen LogP contribution < -0.4 is 5.32 Å². The lowest BCUT2D eigenvalue weighted by Crippen LogP contribution is -2.00. The van der Waals surface area contributed by atoms with Gasteiger partial charge in [0.15, 0.2) is 0 Å². The highest BCUT2D eigenvalue weighted by Gasteiger charge is 2.22. The van der Waals surface area contributed by atoms with Gasteiger partial charge in [-0.2, -0.15) is 0 Å². The van der Waals surface area contributed by atoms with Gasteiger partial charge in [0.25, 0.3) is 0 Å². The van der Waals surface area contributed by atoms with E-state index < -0.39 is 0 Å². The van der Waals surface area contributed by atoms with Gasteiger partial charge < -0.3 is 9.88 Å². The quantitative estimate of drug-likeness (QED) is 0.762. The number of nitrogens with one attached hydrogen (secondary N) is 1. The number of para-hydroxylation sites is 1. The van der Waals surface area contributed by atoms with Crippen LogP contribution in [0.1, 0.15) is 18.4 Å². The lowest BCUT2D eigenvalue weighted by Gasteiger charge is -2.04. The molecule has 21 heavy (non-hydrogen) atoms. The first-order valence-electron chi connectivity index (χ1n) is 7.61. The Morgan fingerprint density at radius 1 is 1.14 bits per heavy atom. The molecule has 0 aliphatic heterocycles. The van der Waals surface area contributed by atoms with Gasteiger partial charge in [-0.25, -0.2) is 0 Å². The van der Waals surface area contributed by atoms with Crippen LogP contribution in [-0.2, 0) is 13.1 Å². The standard InChI is InChI=1S/C18H19N3/c1-2-6-18-17(5-1)15(13-21(18)12-14-7-8-14)10-20-16-4-3-9-19-11-16/h1-6,9,11,13-14,20H,7-8,10,12H2. The summed E-state index contributed by atoms with van der Waals surface area (Å²) in [5, 5.41) is 4.82. The second kappa shape index (κ2) is 5.24. The molecule has 2 aromatic heterocycles. The van der Waals surface area contributed by atoms with E-state index in [4.69, 9.17) is 0 Å². The molecule has 106 valence electrons. The molecule has 1 aliphatic carbocycles. The summed E-state index contributed by atoms with van der Waals surface area (Å²) in [5.74, 6) is 0.889. The fourth-order valence-corrected chi connectivity index (χ4v) is 2.86. The normalized spacial score (nSPS) is 14.5. The van der Waals surface area contributed by atoms with E-state index >= 15 is 0 Å². The summed E-state index contributed by atoms with van der Waals surface area (Å²) in [5.41, 5.74) is 3.78. The van der Waals surface area contributed by atoms with Gasteiger partial charge in [-0.3, -0.25) is 4.98 Å². The molecule has 0 saturated heterocycles. The Kier molecular flexibility index (Phi) is 3.11. The molecule has 0 bridgehead atoms. The number of anilines is 1. The van der Waals surface area contributed by atoms with Crippen LogP contribution in [0.4, 0.5) is 5.69 Å². The Morgan fingerprint density at radius 2 is 2.05 bits per heavy atom. The molecule has 1 fully saturated rings. The van der Waals surface area contributed by atoms with Gasteiger partial charge in [-0.05, 0) is 42.5 Å². The van der Waals surface area contributed by atoms with Gasteiger partial charge in [-0.15, -0.1) is 0 Å². The summed E-state index contributed by atoms with van der Waals surface area (Å²) in [4.78, 5) is 4.14. The van der Waals surface area contributed by atoms with Crippen LogP contribution in [0, 0.1) is 5.92 Å². The van der Waals surface area contributed by atoms with E-state index in [0.29, 0.717) is 0 Å². The second-order valence-corrected chi connectivity index (χ2v) is 5.86. The highest BCUT2D eigenvalue weighted by atomic mass is 15.0. The second-order valence-electron chi connectivity index (χ2n) is 5.86. The van der Waals surface area contributed by atoms with E-state index in [1.807, 2.05) is 12.3 Å². The zero-order valence-corrected chi connectivity index (χ0v) is 12.0. The van der Waals surface area contributed by atoms with Crippen molar-refractivity contribution in [3.63, 3.8) is 0 Å². The Hall–Kier alpha value is -2.29. The monoisotopic (exact) mass is 277 g/mol. The van der Waals surface area contributed by atoms with Crippen molar-refractivity contribution in [2.75, 3.05) is 5.32 Å². The van der Waals surface area contributed by atoms with Gasteiger partial charge in [-0.1, -0.05) is 18.2 Å². The summed E-state index contributed by atoms with van der Waals surface area (Å²) in [7, 11) is 0. The molecule has 1 N–H and O–H groups in total. The van der Waals surface area contributed by atoms with Crippen molar-refractivity contribution in [1.29, 1.82) is 0 Å². The van der Waals surface area contributed by atoms with Crippen LogP contribution in [0.3, 0.4) is 0 Å². The van der Waals surface area contributed by atoms with Gasteiger partial charge in [0.05, 0.1) is 5.69 Å². The Bertz CT molecular complexity index is 742. The molecule has 1 saturated carbocycles. The topological polar surface area (TPSA) is 29.9 Å². The summed E-state index contributed by atoms with van der Waals surface area (Å²) in [6, 6.07) is 12.7. The molecule has 0 amide bonds. The number of pyridine rings is 1. The third-order valence-electron chi connectivity index (χ3n) is 4.17. The number of rotatable bonds is 5. The zero-order valence-electron chi connectivity index (χ0n) is 12.0. The molecule has 3 heteroatoms. The molecule has 3 aromatic rings. The van der Waals surface area contributed by atoms with Crippen LogP contribution in [0.25, 0.3) is 10.9 Å². The Labute approximate surface area is 124 Å².